The number of benzene rings is 2. The number of para-hydroxylation sites is 2. The van der Waals surface area contributed by atoms with Crippen LogP contribution in [0, 0.1) is 5.82 Å². The first-order valence-corrected chi connectivity index (χ1v) is 7.03. The molecule has 0 saturated heterocycles. The lowest BCUT2D eigenvalue weighted by Crippen LogP contribution is -2.35. The summed E-state index contributed by atoms with van der Waals surface area (Å²) in [5.41, 5.74) is 2.29. The Morgan fingerprint density at radius 2 is 1.90 bits per heavy atom. The van der Waals surface area contributed by atoms with E-state index in [1.807, 2.05) is 24.3 Å². The molecule has 3 rings (SSSR count). The van der Waals surface area contributed by atoms with Gasteiger partial charge in [0.2, 0.25) is 5.91 Å². The SMILES string of the molecule is CN(C(=O)C1CCNc2ccccc21)c1ccccc1F. The number of anilines is 2. The Hall–Kier alpha value is -2.36. The van der Waals surface area contributed by atoms with Crippen molar-refractivity contribution in [2.75, 3.05) is 23.8 Å². The summed E-state index contributed by atoms with van der Waals surface area (Å²) in [4.78, 5) is 14.2. The van der Waals surface area contributed by atoms with E-state index in [0.717, 1.165) is 17.8 Å². The highest BCUT2D eigenvalue weighted by Crippen LogP contribution is 2.33. The quantitative estimate of drug-likeness (QED) is 0.917. The Bertz CT molecular complexity index is 671. The summed E-state index contributed by atoms with van der Waals surface area (Å²) in [6.07, 6.45) is 0.717. The molecule has 1 aliphatic rings. The van der Waals surface area contributed by atoms with Crippen molar-refractivity contribution in [2.24, 2.45) is 0 Å². The van der Waals surface area contributed by atoms with Crippen molar-refractivity contribution < 1.29 is 9.18 Å². The van der Waals surface area contributed by atoms with Crippen molar-refractivity contribution in [1.82, 2.24) is 0 Å². The molecule has 1 aliphatic heterocycles. The number of nitrogens with zero attached hydrogens (tertiary/aromatic N) is 1. The summed E-state index contributed by atoms with van der Waals surface area (Å²) >= 11 is 0. The number of fused-ring (bicyclic) bond motifs is 1. The summed E-state index contributed by atoms with van der Waals surface area (Å²) in [6, 6.07) is 14.1. The van der Waals surface area contributed by atoms with E-state index in [0.29, 0.717) is 12.1 Å². The van der Waals surface area contributed by atoms with Crippen LogP contribution in [0.3, 0.4) is 0 Å². The molecule has 0 fully saturated rings. The van der Waals surface area contributed by atoms with Crippen LogP contribution in [0.2, 0.25) is 0 Å². The Morgan fingerprint density at radius 1 is 1.19 bits per heavy atom. The third-order valence-corrected chi connectivity index (χ3v) is 3.93. The molecule has 0 saturated carbocycles. The van der Waals surface area contributed by atoms with Crippen LogP contribution < -0.4 is 10.2 Å². The second-order valence-corrected chi connectivity index (χ2v) is 5.20. The number of likely N-dealkylation sites (N-methyl/N-ethyl adjacent to an activating group) is 1. The summed E-state index contributed by atoms with van der Waals surface area (Å²) in [7, 11) is 1.63. The van der Waals surface area contributed by atoms with Crippen molar-refractivity contribution in [1.29, 1.82) is 0 Å². The number of nitrogens with one attached hydrogen (secondary N) is 1. The van der Waals surface area contributed by atoms with Crippen LogP contribution in [-0.4, -0.2) is 19.5 Å². The van der Waals surface area contributed by atoms with Crippen LogP contribution in [0.4, 0.5) is 15.8 Å². The Balaban J connectivity index is 1.91. The molecule has 1 N–H and O–H groups in total. The van der Waals surface area contributed by atoms with Gasteiger partial charge in [-0.3, -0.25) is 4.79 Å². The van der Waals surface area contributed by atoms with Crippen molar-refractivity contribution in [3.05, 3.63) is 59.9 Å². The van der Waals surface area contributed by atoms with Gasteiger partial charge in [-0.25, -0.2) is 4.39 Å². The Labute approximate surface area is 123 Å². The fourth-order valence-electron chi connectivity index (χ4n) is 2.80. The molecule has 1 amide bonds. The number of carbonyl (C=O) groups excluding carboxylic acids is 1. The van der Waals surface area contributed by atoms with Gasteiger partial charge < -0.3 is 10.2 Å². The van der Waals surface area contributed by atoms with Crippen LogP contribution in [0.25, 0.3) is 0 Å². The van der Waals surface area contributed by atoms with Crippen LogP contribution in [-0.2, 0) is 4.79 Å². The third kappa shape index (κ3) is 2.49. The van der Waals surface area contributed by atoms with E-state index in [9.17, 15) is 9.18 Å². The molecule has 2 aromatic rings. The molecule has 1 heterocycles. The normalized spacial score (nSPS) is 16.8. The largest absolute Gasteiger partial charge is 0.385 e. The van der Waals surface area contributed by atoms with E-state index in [-0.39, 0.29) is 17.6 Å². The number of rotatable bonds is 2. The molecule has 3 nitrogen and oxygen atoms in total. The molecule has 108 valence electrons. The van der Waals surface area contributed by atoms with Gasteiger partial charge in [-0.15, -0.1) is 0 Å². The zero-order valence-electron chi connectivity index (χ0n) is 11.8. The highest BCUT2D eigenvalue weighted by Gasteiger charge is 2.29. The summed E-state index contributed by atoms with van der Waals surface area (Å²) < 4.78 is 13.9. The molecular weight excluding hydrogens is 267 g/mol. The Kier molecular flexibility index (Phi) is 3.60. The first-order chi connectivity index (χ1) is 10.2. The minimum atomic E-state index is -0.379. The maximum Gasteiger partial charge on any atom is 0.234 e. The maximum absolute atomic E-state index is 13.9. The summed E-state index contributed by atoms with van der Waals surface area (Å²) in [5, 5.41) is 3.29. The van der Waals surface area contributed by atoms with Gasteiger partial charge in [0.05, 0.1) is 11.6 Å². The number of carbonyl (C=O) groups is 1. The number of hydrogen-bond donors (Lipinski definition) is 1. The fraction of sp³-hybridized carbons (Fsp3) is 0.235. The maximum atomic E-state index is 13.9. The minimum Gasteiger partial charge on any atom is -0.385 e. The van der Waals surface area contributed by atoms with Crippen LogP contribution >= 0.6 is 0 Å². The van der Waals surface area contributed by atoms with Crippen LogP contribution in [0.15, 0.2) is 48.5 Å². The number of hydrogen-bond acceptors (Lipinski definition) is 2. The van der Waals surface area contributed by atoms with E-state index < -0.39 is 0 Å². The number of halogens is 1. The van der Waals surface area contributed by atoms with Gasteiger partial charge in [-0.05, 0) is 30.2 Å². The van der Waals surface area contributed by atoms with E-state index in [1.54, 1.807) is 25.2 Å². The lowest BCUT2D eigenvalue weighted by molar-refractivity contribution is -0.119. The van der Waals surface area contributed by atoms with Gasteiger partial charge in [0.1, 0.15) is 5.82 Å². The summed E-state index contributed by atoms with van der Waals surface area (Å²) in [5.74, 6) is -0.684. The highest BCUT2D eigenvalue weighted by molar-refractivity contribution is 5.98. The first-order valence-electron chi connectivity index (χ1n) is 7.03. The smallest absolute Gasteiger partial charge is 0.234 e. The van der Waals surface area contributed by atoms with Crippen LogP contribution in [0.1, 0.15) is 17.9 Å². The molecule has 0 spiro atoms. The lowest BCUT2D eigenvalue weighted by atomic mass is 9.90. The lowest BCUT2D eigenvalue weighted by Gasteiger charge is -2.29. The molecule has 0 bridgehead atoms. The second kappa shape index (κ2) is 5.56. The van der Waals surface area contributed by atoms with Crippen LogP contribution in [0.5, 0.6) is 0 Å². The average Bonchev–Trinajstić information content (AvgIpc) is 2.53. The van der Waals surface area contributed by atoms with Crippen molar-refractivity contribution in [3.8, 4) is 0 Å². The van der Waals surface area contributed by atoms with E-state index in [1.165, 1.54) is 11.0 Å². The minimum absolute atomic E-state index is 0.0750. The summed E-state index contributed by atoms with van der Waals surface area (Å²) in [6.45, 7) is 0.749. The molecule has 0 aliphatic carbocycles. The van der Waals surface area contributed by atoms with Crippen molar-refractivity contribution in [2.45, 2.75) is 12.3 Å². The zero-order valence-corrected chi connectivity index (χ0v) is 11.8. The predicted octanol–water partition coefficient (Wildman–Crippen LogP) is 3.39. The molecule has 0 radical (unpaired) electrons. The van der Waals surface area contributed by atoms with Gasteiger partial charge in [-0.2, -0.15) is 0 Å². The monoisotopic (exact) mass is 284 g/mol. The molecular formula is C17H17FN2O. The molecule has 1 atom stereocenters. The zero-order chi connectivity index (χ0) is 14.8. The van der Waals surface area contributed by atoms with E-state index in [2.05, 4.69) is 5.32 Å². The molecule has 2 aromatic carbocycles. The molecule has 1 unspecified atom stereocenters. The standard InChI is InChI=1S/C17H17FN2O/c1-20(16-9-5-3-7-14(16)18)17(21)13-10-11-19-15-8-4-2-6-12(13)15/h2-9,13,19H,10-11H2,1H3. The fourth-order valence-corrected chi connectivity index (χ4v) is 2.80. The Morgan fingerprint density at radius 3 is 2.71 bits per heavy atom. The molecule has 21 heavy (non-hydrogen) atoms. The first kappa shape index (κ1) is 13.6. The second-order valence-electron chi connectivity index (χ2n) is 5.20. The van der Waals surface area contributed by atoms with Gasteiger partial charge in [0.15, 0.2) is 0 Å². The molecule has 0 aromatic heterocycles. The highest BCUT2D eigenvalue weighted by atomic mass is 19.1. The van der Waals surface area contributed by atoms with Gasteiger partial charge in [0, 0.05) is 19.3 Å². The van der Waals surface area contributed by atoms with Gasteiger partial charge in [0.25, 0.3) is 0 Å². The average molecular weight is 284 g/mol. The molecule has 4 heteroatoms. The van der Waals surface area contributed by atoms with Crippen molar-refractivity contribution >= 4 is 17.3 Å². The topological polar surface area (TPSA) is 32.3 Å². The number of amides is 1. The van der Waals surface area contributed by atoms with Crippen molar-refractivity contribution in [3.63, 3.8) is 0 Å². The van der Waals surface area contributed by atoms with E-state index >= 15 is 0 Å². The van der Waals surface area contributed by atoms with Gasteiger partial charge in [-0.1, -0.05) is 30.3 Å². The third-order valence-electron chi connectivity index (χ3n) is 3.93. The van der Waals surface area contributed by atoms with Gasteiger partial charge >= 0.3 is 0 Å². The van der Waals surface area contributed by atoms with E-state index in [4.69, 9.17) is 0 Å². The predicted molar refractivity (Wildman–Crippen MR) is 82.1 cm³/mol.